The molecular weight excluding hydrogens is 248 g/mol. The van der Waals surface area contributed by atoms with Crippen molar-refractivity contribution in [3.8, 4) is 0 Å². The molecule has 0 saturated heterocycles. The van der Waals surface area contributed by atoms with Crippen LogP contribution in [-0.2, 0) is 0 Å². The fraction of sp³-hybridized carbons (Fsp3) is 0.750. The van der Waals surface area contributed by atoms with E-state index in [2.05, 4.69) is 34.7 Å². The Morgan fingerprint density at radius 2 is 2.00 bits per heavy atom. The minimum Gasteiger partial charge on any atom is -0.360 e. The van der Waals surface area contributed by atoms with Gasteiger partial charge in [-0.2, -0.15) is 0 Å². The van der Waals surface area contributed by atoms with Crippen LogP contribution in [0.4, 0.5) is 5.13 Å². The molecule has 1 aromatic rings. The summed E-state index contributed by atoms with van der Waals surface area (Å²) in [7, 11) is 0. The fourth-order valence-corrected chi connectivity index (χ4v) is 2.33. The van der Waals surface area contributed by atoms with Crippen molar-refractivity contribution in [3.63, 3.8) is 0 Å². The van der Waals surface area contributed by atoms with Crippen molar-refractivity contribution in [1.82, 2.24) is 15.5 Å². The molecule has 1 heterocycles. The fourth-order valence-electron chi connectivity index (χ4n) is 1.67. The lowest BCUT2D eigenvalue weighted by molar-refractivity contribution is 0.0908. The summed E-state index contributed by atoms with van der Waals surface area (Å²) in [5, 5.41) is 15.1. The van der Waals surface area contributed by atoms with Crippen LogP contribution in [0, 0.1) is 0 Å². The summed E-state index contributed by atoms with van der Waals surface area (Å²) < 4.78 is 0. The average molecular weight is 270 g/mol. The van der Waals surface area contributed by atoms with Gasteiger partial charge in [0.1, 0.15) is 0 Å². The van der Waals surface area contributed by atoms with Crippen molar-refractivity contribution in [2.75, 3.05) is 11.9 Å². The Bertz CT molecular complexity index is 389. The first-order valence-electron chi connectivity index (χ1n) is 6.38. The van der Waals surface area contributed by atoms with Crippen LogP contribution in [-0.4, -0.2) is 28.2 Å². The Morgan fingerprint density at radius 3 is 2.61 bits per heavy atom. The molecule has 0 fully saturated rings. The van der Waals surface area contributed by atoms with Gasteiger partial charge in [-0.15, -0.1) is 10.2 Å². The molecule has 0 spiro atoms. The summed E-state index contributed by atoms with van der Waals surface area (Å²) in [6.07, 6.45) is 3.00. The average Bonchev–Trinajstić information content (AvgIpc) is 2.74. The van der Waals surface area contributed by atoms with Gasteiger partial charge in [0.25, 0.3) is 5.91 Å². The Kier molecular flexibility index (Phi) is 5.53. The molecule has 5 nitrogen and oxygen atoms in total. The second kappa shape index (κ2) is 6.68. The molecule has 1 aromatic heterocycles. The molecule has 18 heavy (non-hydrogen) atoms. The van der Waals surface area contributed by atoms with Crippen LogP contribution in [0.5, 0.6) is 0 Å². The van der Waals surface area contributed by atoms with E-state index in [0.717, 1.165) is 25.8 Å². The highest BCUT2D eigenvalue weighted by Gasteiger charge is 2.22. The van der Waals surface area contributed by atoms with E-state index in [9.17, 15) is 4.79 Å². The molecule has 0 unspecified atom stereocenters. The third-order valence-corrected chi connectivity index (χ3v) is 3.35. The van der Waals surface area contributed by atoms with Crippen molar-refractivity contribution in [1.29, 1.82) is 0 Å². The second-order valence-corrected chi connectivity index (χ2v) is 5.90. The lowest BCUT2D eigenvalue weighted by Gasteiger charge is -2.24. The highest BCUT2D eigenvalue weighted by molar-refractivity contribution is 7.17. The Labute approximate surface area is 112 Å². The van der Waals surface area contributed by atoms with Gasteiger partial charge in [0.2, 0.25) is 10.1 Å². The second-order valence-electron chi connectivity index (χ2n) is 4.93. The zero-order valence-corrected chi connectivity index (χ0v) is 12.4. The van der Waals surface area contributed by atoms with E-state index >= 15 is 0 Å². The number of carbonyl (C=O) groups excluding carboxylic acids is 1. The third-order valence-electron chi connectivity index (χ3n) is 2.47. The SMILES string of the molecule is CCCNc1nnc(C(=O)NC(C)(C)CCC)s1. The third kappa shape index (κ3) is 4.60. The van der Waals surface area contributed by atoms with Crippen LogP contribution in [0.1, 0.15) is 56.8 Å². The standard InChI is InChI=1S/C12H22N4OS/c1-5-7-12(3,4)14-9(17)10-15-16-11(18-10)13-8-6-2/h5-8H2,1-4H3,(H,13,16)(H,14,17). The minimum atomic E-state index is -0.200. The van der Waals surface area contributed by atoms with Gasteiger partial charge < -0.3 is 10.6 Å². The van der Waals surface area contributed by atoms with E-state index in [1.165, 1.54) is 11.3 Å². The van der Waals surface area contributed by atoms with Crippen LogP contribution in [0.3, 0.4) is 0 Å². The molecule has 102 valence electrons. The van der Waals surface area contributed by atoms with Gasteiger partial charge >= 0.3 is 0 Å². The van der Waals surface area contributed by atoms with Crippen molar-refractivity contribution in [3.05, 3.63) is 5.01 Å². The first kappa shape index (κ1) is 14.9. The van der Waals surface area contributed by atoms with Gasteiger partial charge in [0.15, 0.2) is 0 Å². The number of anilines is 1. The number of carbonyl (C=O) groups is 1. The number of aromatic nitrogens is 2. The molecule has 0 atom stereocenters. The van der Waals surface area contributed by atoms with Gasteiger partial charge in [-0.25, -0.2) is 0 Å². The van der Waals surface area contributed by atoms with Gasteiger partial charge in [-0.05, 0) is 26.7 Å². The van der Waals surface area contributed by atoms with Crippen LogP contribution >= 0.6 is 11.3 Å². The van der Waals surface area contributed by atoms with E-state index < -0.39 is 0 Å². The van der Waals surface area contributed by atoms with E-state index in [4.69, 9.17) is 0 Å². The van der Waals surface area contributed by atoms with Gasteiger partial charge in [-0.1, -0.05) is 31.6 Å². The molecule has 0 aliphatic heterocycles. The summed E-state index contributed by atoms with van der Waals surface area (Å²) >= 11 is 1.29. The van der Waals surface area contributed by atoms with E-state index in [0.29, 0.717) is 10.1 Å². The predicted octanol–water partition coefficient (Wildman–Crippen LogP) is 2.67. The summed E-state index contributed by atoms with van der Waals surface area (Å²) in [6, 6.07) is 0. The zero-order chi connectivity index (χ0) is 13.6. The minimum absolute atomic E-state index is 0.143. The molecule has 1 rings (SSSR count). The van der Waals surface area contributed by atoms with Crippen LogP contribution in [0.25, 0.3) is 0 Å². The maximum Gasteiger partial charge on any atom is 0.282 e. The predicted molar refractivity (Wildman–Crippen MR) is 75.1 cm³/mol. The van der Waals surface area contributed by atoms with Crippen molar-refractivity contribution in [2.24, 2.45) is 0 Å². The normalized spacial score (nSPS) is 11.3. The van der Waals surface area contributed by atoms with Crippen molar-refractivity contribution in [2.45, 2.75) is 52.5 Å². The number of nitrogens with one attached hydrogen (secondary N) is 2. The summed E-state index contributed by atoms with van der Waals surface area (Å²) in [4.78, 5) is 12.0. The molecule has 6 heteroatoms. The van der Waals surface area contributed by atoms with Gasteiger partial charge in [-0.3, -0.25) is 4.79 Å². The number of amides is 1. The van der Waals surface area contributed by atoms with E-state index in [1.54, 1.807) is 0 Å². The largest absolute Gasteiger partial charge is 0.360 e. The van der Waals surface area contributed by atoms with Gasteiger partial charge in [0.05, 0.1) is 0 Å². The summed E-state index contributed by atoms with van der Waals surface area (Å²) in [5.74, 6) is -0.143. The molecule has 0 saturated carbocycles. The number of rotatable bonds is 7. The van der Waals surface area contributed by atoms with Crippen LogP contribution in [0.2, 0.25) is 0 Å². The molecule has 0 aliphatic carbocycles. The maximum atomic E-state index is 12.0. The lowest BCUT2D eigenvalue weighted by Crippen LogP contribution is -2.43. The first-order chi connectivity index (χ1) is 8.48. The highest BCUT2D eigenvalue weighted by Crippen LogP contribution is 2.17. The first-order valence-corrected chi connectivity index (χ1v) is 7.20. The van der Waals surface area contributed by atoms with Crippen molar-refractivity contribution < 1.29 is 4.79 Å². The molecule has 0 aromatic carbocycles. The van der Waals surface area contributed by atoms with Gasteiger partial charge in [0, 0.05) is 12.1 Å². The zero-order valence-electron chi connectivity index (χ0n) is 11.5. The smallest absolute Gasteiger partial charge is 0.282 e. The topological polar surface area (TPSA) is 66.9 Å². The number of hydrogen-bond donors (Lipinski definition) is 2. The van der Waals surface area contributed by atoms with Crippen molar-refractivity contribution >= 4 is 22.4 Å². The van der Waals surface area contributed by atoms with Crippen LogP contribution < -0.4 is 10.6 Å². The Morgan fingerprint density at radius 1 is 1.28 bits per heavy atom. The summed E-state index contributed by atoms with van der Waals surface area (Å²) in [5.41, 5.74) is -0.200. The number of hydrogen-bond acceptors (Lipinski definition) is 5. The molecule has 1 amide bonds. The highest BCUT2D eigenvalue weighted by atomic mass is 32.1. The number of nitrogens with zero attached hydrogens (tertiary/aromatic N) is 2. The van der Waals surface area contributed by atoms with E-state index in [-0.39, 0.29) is 11.4 Å². The molecule has 0 bridgehead atoms. The molecular formula is C12H22N4OS. The quantitative estimate of drug-likeness (QED) is 0.799. The molecule has 0 aliphatic rings. The van der Waals surface area contributed by atoms with E-state index in [1.807, 2.05) is 13.8 Å². The molecule has 2 N–H and O–H groups in total. The lowest BCUT2D eigenvalue weighted by atomic mass is 9.99. The summed E-state index contributed by atoms with van der Waals surface area (Å²) in [6.45, 7) is 9.06. The van der Waals surface area contributed by atoms with Crippen LogP contribution in [0.15, 0.2) is 0 Å². The Hall–Kier alpha value is -1.17. The Balaban J connectivity index is 2.58. The monoisotopic (exact) mass is 270 g/mol. The molecule has 0 radical (unpaired) electrons. The maximum absolute atomic E-state index is 12.0.